The van der Waals surface area contributed by atoms with E-state index in [4.69, 9.17) is 4.74 Å². The second-order valence-corrected chi connectivity index (χ2v) is 6.97. The highest BCUT2D eigenvalue weighted by Crippen LogP contribution is 2.33. The minimum absolute atomic E-state index is 0.184. The summed E-state index contributed by atoms with van der Waals surface area (Å²) in [5.74, 6) is 1.08. The molecule has 126 valence electrons. The maximum Gasteiger partial charge on any atom is 0.227 e. The molecule has 4 heteroatoms. The lowest BCUT2D eigenvalue weighted by Gasteiger charge is -2.25. The molecule has 2 aromatic rings. The van der Waals surface area contributed by atoms with Gasteiger partial charge in [-0.25, -0.2) is 0 Å². The molecule has 24 heavy (non-hydrogen) atoms. The van der Waals surface area contributed by atoms with Crippen LogP contribution in [0.15, 0.2) is 53.0 Å². The predicted octanol–water partition coefficient (Wildman–Crippen LogP) is 4.75. The number of halogens is 1. The van der Waals surface area contributed by atoms with E-state index in [-0.39, 0.29) is 11.9 Å². The number of amides is 1. The summed E-state index contributed by atoms with van der Waals surface area (Å²) in [7, 11) is 0. The molecule has 0 aliphatic carbocycles. The van der Waals surface area contributed by atoms with E-state index in [1.165, 1.54) is 5.56 Å². The predicted molar refractivity (Wildman–Crippen MR) is 99.1 cm³/mol. The van der Waals surface area contributed by atoms with Crippen LogP contribution in [0.2, 0.25) is 0 Å². The number of benzene rings is 2. The Balaban J connectivity index is 1.70. The van der Waals surface area contributed by atoms with Gasteiger partial charge >= 0.3 is 0 Å². The number of nitrogens with zero attached hydrogens (tertiary/aromatic N) is 1. The van der Waals surface area contributed by atoms with Crippen molar-refractivity contribution in [2.75, 3.05) is 13.2 Å². The van der Waals surface area contributed by atoms with Crippen molar-refractivity contribution in [3.05, 3.63) is 64.1 Å². The first-order valence-electron chi connectivity index (χ1n) is 8.44. The maximum absolute atomic E-state index is 12.7. The Morgan fingerprint density at radius 3 is 2.54 bits per heavy atom. The second kappa shape index (κ2) is 7.84. The lowest BCUT2D eigenvalue weighted by atomic mass is 10.0. The second-order valence-electron chi connectivity index (χ2n) is 6.05. The lowest BCUT2D eigenvalue weighted by molar-refractivity contribution is -0.131. The summed E-state index contributed by atoms with van der Waals surface area (Å²) in [4.78, 5) is 14.8. The first kappa shape index (κ1) is 17.0. The Morgan fingerprint density at radius 2 is 1.88 bits per heavy atom. The zero-order valence-electron chi connectivity index (χ0n) is 13.9. The van der Waals surface area contributed by atoms with Crippen LogP contribution in [0, 0.1) is 0 Å². The summed E-state index contributed by atoms with van der Waals surface area (Å²) in [6.07, 6.45) is 2.55. The molecule has 1 fully saturated rings. The van der Waals surface area contributed by atoms with E-state index in [2.05, 4.69) is 28.1 Å². The van der Waals surface area contributed by atoms with Gasteiger partial charge in [-0.1, -0.05) is 40.2 Å². The smallest absolute Gasteiger partial charge is 0.227 e. The molecule has 2 aromatic carbocycles. The molecule has 1 aliphatic rings. The highest BCUT2D eigenvalue weighted by atomic mass is 79.9. The van der Waals surface area contributed by atoms with Crippen LogP contribution in [0.25, 0.3) is 0 Å². The summed E-state index contributed by atoms with van der Waals surface area (Å²) >= 11 is 3.43. The van der Waals surface area contributed by atoms with E-state index in [0.717, 1.165) is 35.2 Å². The molecule has 3 nitrogen and oxygen atoms in total. The van der Waals surface area contributed by atoms with Gasteiger partial charge in [-0.05, 0) is 55.2 Å². The largest absolute Gasteiger partial charge is 0.494 e. The fourth-order valence-corrected chi connectivity index (χ4v) is 3.51. The van der Waals surface area contributed by atoms with Gasteiger partial charge in [0.05, 0.1) is 19.1 Å². The molecule has 1 heterocycles. The van der Waals surface area contributed by atoms with Gasteiger partial charge in [0.15, 0.2) is 0 Å². The molecule has 1 saturated heterocycles. The number of carbonyl (C=O) groups is 1. The molecular weight excluding hydrogens is 366 g/mol. The molecule has 0 N–H and O–H groups in total. The number of hydrogen-bond acceptors (Lipinski definition) is 2. The molecule has 0 aromatic heterocycles. The minimum atomic E-state index is 0.184. The zero-order chi connectivity index (χ0) is 16.9. The highest BCUT2D eigenvalue weighted by molar-refractivity contribution is 9.10. The topological polar surface area (TPSA) is 29.5 Å². The van der Waals surface area contributed by atoms with Crippen molar-refractivity contribution in [1.29, 1.82) is 0 Å². The van der Waals surface area contributed by atoms with Crippen molar-refractivity contribution < 1.29 is 9.53 Å². The Kier molecular flexibility index (Phi) is 5.56. The average Bonchev–Trinajstić information content (AvgIpc) is 3.08. The minimum Gasteiger partial charge on any atom is -0.494 e. The third-order valence-corrected chi connectivity index (χ3v) is 4.95. The van der Waals surface area contributed by atoms with Gasteiger partial charge in [0.1, 0.15) is 5.75 Å². The number of rotatable bonds is 5. The van der Waals surface area contributed by atoms with E-state index in [0.29, 0.717) is 13.0 Å². The lowest BCUT2D eigenvalue weighted by Crippen LogP contribution is -2.31. The summed E-state index contributed by atoms with van der Waals surface area (Å²) in [6.45, 7) is 3.49. The first-order valence-corrected chi connectivity index (χ1v) is 9.23. The van der Waals surface area contributed by atoms with Crippen molar-refractivity contribution in [2.45, 2.75) is 32.2 Å². The van der Waals surface area contributed by atoms with Crippen molar-refractivity contribution in [1.82, 2.24) is 4.90 Å². The van der Waals surface area contributed by atoms with Crippen LogP contribution in [0.5, 0.6) is 5.75 Å². The zero-order valence-corrected chi connectivity index (χ0v) is 15.5. The fourth-order valence-electron chi connectivity index (χ4n) is 3.24. The Hall–Kier alpha value is -1.81. The molecule has 0 saturated carbocycles. The number of hydrogen-bond donors (Lipinski definition) is 0. The van der Waals surface area contributed by atoms with Crippen molar-refractivity contribution >= 4 is 21.8 Å². The number of likely N-dealkylation sites (tertiary alicyclic amines) is 1. The monoisotopic (exact) mass is 387 g/mol. The van der Waals surface area contributed by atoms with Gasteiger partial charge in [-0.15, -0.1) is 0 Å². The summed E-state index contributed by atoms with van der Waals surface area (Å²) in [6, 6.07) is 16.3. The van der Waals surface area contributed by atoms with Crippen LogP contribution in [0.4, 0.5) is 0 Å². The standard InChI is InChI=1S/C20H22BrNO2/c1-2-24-18-11-7-16(8-12-18)19-4-3-13-22(19)20(23)14-15-5-9-17(21)10-6-15/h5-12,19H,2-4,13-14H2,1H3. The summed E-state index contributed by atoms with van der Waals surface area (Å²) < 4.78 is 6.54. The van der Waals surface area contributed by atoms with Crippen molar-refractivity contribution in [3.63, 3.8) is 0 Å². The van der Waals surface area contributed by atoms with Gasteiger partial charge in [0, 0.05) is 11.0 Å². The van der Waals surface area contributed by atoms with E-state index in [1.54, 1.807) is 0 Å². The molecule has 0 bridgehead atoms. The molecule has 0 spiro atoms. The van der Waals surface area contributed by atoms with Crippen LogP contribution >= 0.6 is 15.9 Å². The number of ether oxygens (including phenoxy) is 1. The van der Waals surface area contributed by atoms with E-state index in [1.807, 2.05) is 48.2 Å². The molecular formula is C20H22BrNO2. The third kappa shape index (κ3) is 3.99. The molecule has 1 aliphatic heterocycles. The Labute approximate surface area is 151 Å². The van der Waals surface area contributed by atoms with Crippen LogP contribution in [-0.4, -0.2) is 24.0 Å². The molecule has 0 radical (unpaired) electrons. The van der Waals surface area contributed by atoms with Gasteiger partial charge in [-0.2, -0.15) is 0 Å². The molecule has 3 rings (SSSR count). The van der Waals surface area contributed by atoms with E-state index in [9.17, 15) is 4.79 Å². The molecule has 1 atom stereocenters. The van der Waals surface area contributed by atoms with E-state index >= 15 is 0 Å². The van der Waals surface area contributed by atoms with Gasteiger partial charge in [-0.3, -0.25) is 4.79 Å². The summed E-state index contributed by atoms with van der Waals surface area (Å²) in [5, 5.41) is 0. The quantitative estimate of drug-likeness (QED) is 0.740. The third-order valence-electron chi connectivity index (χ3n) is 4.42. The van der Waals surface area contributed by atoms with Crippen LogP contribution in [0.1, 0.15) is 36.9 Å². The van der Waals surface area contributed by atoms with Crippen LogP contribution in [-0.2, 0) is 11.2 Å². The Morgan fingerprint density at radius 1 is 1.17 bits per heavy atom. The van der Waals surface area contributed by atoms with Crippen LogP contribution < -0.4 is 4.74 Å². The SMILES string of the molecule is CCOc1ccc(C2CCCN2C(=O)Cc2ccc(Br)cc2)cc1. The fraction of sp³-hybridized carbons (Fsp3) is 0.350. The van der Waals surface area contributed by atoms with Crippen molar-refractivity contribution in [2.24, 2.45) is 0 Å². The highest BCUT2D eigenvalue weighted by Gasteiger charge is 2.29. The number of carbonyl (C=O) groups excluding carboxylic acids is 1. The Bertz CT molecular complexity index is 682. The normalized spacial score (nSPS) is 17.1. The first-order chi connectivity index (χ1) is 11.7. The van der Waals surface area contributed by atoms with Crippen LogP contribution in [0.3, 0.4) is 0 Å². The van der Waals surface area contributed by atoms with E-state index < -0.39 is 0 Å². The van der Waals surface area contributed by atoms with Gasteiger partial charge in [0.2, 0.25) is 5.91 Å². The van der Waals surface area contributed by atoms with Gasteiger partial charge < -0.3 is 9.64 Å². The molecule has 1 amide bonds. The van der Waals surface area contributed by atoms with Gasteiger partial charge in [0.25, 0.3) is 0 Å². The summed E-state index contributed by atoms with van der Waals surface area (Å²) in [5.41, 5.74) is 2.25. The maximum atomic E-state index is 12.7. The average molecular weight is 388 g/mol. The van der Waals surface area contributed by atoms with Crippen molar-refractivity contribution in [3.8, 4) is 5.75 Å². The molecule has 1 unspecified atom stereocenters.